The lowest BCUT2D eigenvalue weighted by atomic mass is 10.0. The number of carbonyl (C=O) groups excluding carboxylic acids is 1. The second kappa shape index (κ2) is 6.55. The fourth-order valence-electron chi connectivity index (χ4n) is 3.10. The molecule has 1 aliphatic carbocycles. The van der Waals surface area contributed by atoms with E-state index in [1.54, 1.807) is 18.2 Å². The quantitative estimate of drug-likeness (QED) is 0.423. The Balaban J connectivity index is 1.53. The van der Waals surface area contributed by atoms with E-state index in [1.165, 1.54) is 16.7 Å². The summed E-state index contributed by atoms with van der Waals surface area (Å²) < 4.78 is 5.55. The summed E-state index contributed by atoms with van der Waals surface area (Å²) in [5, 5.41) is 0.860. The van der Waals surface area contributed by atoms with E-state index in [4.69, 9.17) is 27.9 Å². The van der Waals surface area contributed by atoms with Gasteiger partial charge in [0.05, 0.1) is 10.0 Å². The van der Waals surface area contributed by atoms with Crippen molar-refractivity contribution in [3.05, 3.63) is 87.4 Å². The second-order valence-electron chi connectivity index (χ2n) is 5.99. The monoisotopic (exact) mass is 368 g/mol. The molecule has 0 saturated heterocycles. The van der Waals surface area contributed by atoms with Crippen LogP contribution in [0.4, 0.5) is 0 Å². The van der Waals surface area contributed by atoms with Gasteiger partial charge in [-0.1, -0.05) is 59.6 Å². The highest BCUT2D eigenvalue weighted by atomic mass is 35.5. The van der Waals surface area contributed by atoms with Crippen LogP contribution in [0.3, 0.4) is 0 Å². The summed E-state index contributed by atoms with van der Waals surface area (Å²) in [5.74, 6) is 0.451. The highest BCUT2D eigenvalue weighted by Gasteiger charge is 2.19. The first-order valence-electron chi connectivity index (χ1n) is 7.94. The van der Waals surface area contributed by atoms with Gasteiger partial charge in [0.15, 0.2) is 12.4 Å². The number of hydrogen-bond donors (Lipinski definition) is 0. The third-order valence-electron chi connectivity index (χ3n) is 4.38. The maximum Gasteiger partial charge on any atom is 0.200 e. The number of ketones is 1. The summed E-state index contributed by atoms with van der Waals surface area (Å²) in [6, 6.07) is 19.1. The third-order valence-corrected chi connectivity index (χ3v) is 5.12. The summed E-state index contributed by atoms with van der Waals surface area (Å²) in [6.07, 6.45) is 0.916. The van der Waals surface area contributed by atoms with Gasteiger partial charge >= 0.3 is 0 Å². The van der Waals surface area contributed by atoms with Gasteiger partial charge in [0.2, 0.25) is 0 Å². The van der Waals surface area contributed by atoms with E-state index in [0.29, 0.717) is 21.4 Å². The highest BCUT2D eigenvalue weighted by Crippen LogP contribution is 2.37. The molecule has 0 bridgehead atoms. The Bertz CT molecular complexity index is 979. The topological polar surface area (TPSA) is 26.3 Å². The molecule has 3 aromatic carbocycles. The number of halogens is 2. The predicted octanol–water partition coefficient (Wildman–Crippen LogP) is 5.83. The molecule has 3 aromatic rings. The van der Waals surface area contributed by atoms with Crippen molar-refractivity contribution in [2.45, 2.75) is 6.42 Å². The molecule has 4 rings (SSSR count). The van der Waals surface area contributed by atoms with E-state index in [9.17, 15) is 4.79 Å². The van der Waals surface area contributed by atoms with Crippen LogP contribution in [0.25, 0.3) is 11.1 Å². The third kappa shape index (κ3) is 3.15. The number of hydrogen-bond acceptors (Lipinski definition) is 2. The molecule has 2 nitrogen and oxygen atoms in total. The van der Waals surface area contributed by atoms with Crippen LogP contribution in [-0.2, 0) is 6.42 Å². The standard InChI is InChI=1S/C21H14Cl2O2/c22-19-8-7-16(11-20(19)23)25-12-21(24)15-6-5-14-9-13-3-1-2-4-17(13)18(14)10-15/h1-8,10-11H,9,12H2. The van der Waals surface area contributed by atoms with Crippen LogP contribution in [0.5, 0.6) is 5.75 Å². The van der Waals surface area contributed by atoms with Gasteiger partial charge in [-0.2, -0.15) is 0 Å². The number of fused-ring (bicyclic) bond motifs is 3. The summed E-state index contributed by atoms with van der Waals surface area (Å²) in [6.45, 7) is -0.0433. The van der Waals surface area contributed by atoms with Crippen LogP contribution < -0.4 is 4.74 Å². The van der Waals surface area contributed by atoms with Crippen molar-refractivity contribution in [3.63, 3.8) is 0 Å². The average Bonchev–Trinajstić information content (AvgIpc) is 3.00. The Morgan fingerprint density at radius 3 is 2.52 bits per heavy atom. The van der Waals surface area contributed by atoms with Gasteiger partial charge in [-0.05, 0) is 46.9 Å². The normalized spacial score (nSPS) is 11.8. The van der Waals surface area contributed by atoms with Gasteiger partial charge in [-0.3, -0.25) is 4.79 Å². The van der Waals surface area contributed by atoms with E-state index in [0.717, 1.165) is 12.0 Å². The number of rotatable bonds is 4. The van der Waals surface area contributed by atoms with Crippen molar-refractivity contribution in [3.8, 4) is 16.9 Å². The van der Waals surface area contributed by atoms with E-state index >= 15 is 0 Å². The Labute approximate surface area is 156 Å². The van der Waals surface area contributed by atoms with E-state index in [2.05, 4.69) is 12.1 Å². The van der Waals surface area contributed by atoms with Crippen LogP contribution in [0.15, 0.2) is 60.7 Å². The number of carbonyl (C=O) groups is 1. The summed E-state index contributed by atoms with van der Waals surface area (Å²) in [5.41, 5.74) is 5.54. The molecule has 0 saturated carbocycles. The zero-order chi connectivity index (χ0) is 17.4. The number of ether oxygens (including phenoxy) is 1. The minimum atomic E-state index is -0.0711. The molecule has 0 radical (unpaired) electrons. The lowest BCUT2D eigenvalue weighted by Gasteiger charge is -2.08. The van der Waals surface area contributed by atoms with Gasteiger partial charge in [-0.15, -0.1) is 0 Å². The maximum atomic E-state index is 12.5. The van der Waals surface area contributed by atoms with Crippen LogP contribution in [0.2, 0.25) is 10.0 Å². The average molecular weight is 369 g/mol. The van der Waals surface area contributed by atoms with Crippen molar-refractivity contribution in [2.24, 2.45) is 0 Å². The van der Waals surface area contributed by atoms with Crippen LogP contribution in [0.1, 0.15) is 21.5 Å². The minimum absolute atomic E-state index is 0.0433. The molecule has 0 N–H and O–H groups in total. The summed E-state index contributed by atoms with van der Waals surface area (Å²) in [7, 11) is 0. The molecule has 0 atom stereocenters. The van der Waals surface area contributed by atoms with Crippen molar-refractivity contribution in [1.29, 1.82) is 0 Å². The first-order chi connectivity index (χ1) is 12.1. The van der Waals surface area contributed by atoms with Gasteiger partial charge in [0, 0.05) is 11.6 Å². The summed E-state index contributed by atoms with van der Waals surface area (Å²) in [4.78, 5) is 12.5. The predicted molar refractivity (Wildman–Crippen MR) is 101 cm³/mol. The van der Waals surface area contributed by atoms with Crippen molar-refractivity contribution in [2.75, 3.05) is 6.61 Å². The van der Waals surface area contributed by atoms with E-state index in [1.807, 2.05) is 30.3 Å². The largest absolute Gasteiger partial charge is 0.485 e. The molecule has 0 aliphatic heterocycles. The lowest BCUT2D eigenvalue weighted by molar-refractivity contribution is 0.0921. The summed E-state index contributed by atoms with van der Waals surface area (Å²) >= 11 is 11.8. The number of Topliss-reactive ketones (excluding diaryl/α,β-unsaturated/α-hetero) is 1. The number of benzene rings is 3. The minimum Gasteiger partial charge on any atom is -0.485 e. The molecular formula is C21H14Cl2O2. The molecule has 0 heterocycles. The maximum absolute atomic E-state index is 12.5. The Hall–Kier alpha value is -2.29. The van der Waals surface area contributed by atoms with Gasteiger partial charge in [0.1, 0.15) is 5.75 Å². The Morgan fingerprint density at radius 2 is 1.68 bits per heavy atom. The van der Waals surface area contributed by atoms with Crippen LogP contribution in [-0.4, -0.2) is 12.4 Å². The fraction of sp³-hybridized carbons (Fsp3) is 0.0952. The molecule has 0 spiro atoms. The van der Waals surface area contributed by atoms with Gasteiger partial charge < -0.3 is 4.74 Å². The van der Waals surface area contributed by atoms with Crippen molar-refractivity contribution in [1.82, 2.24) is 0 Å². The zero-order valence-corrected chi connectivity index (χ0v) is 14.8. The molecular weight excluding hydrogens is 355 g/mol. The highest BCUT2D eigenvalue weighted by molar-refractivity contribution is 6.42. The molecule has 25 heavy (non-hydrogen) atoms. The molecule has 124 valence electrons. The molecule has 0 unspecified atom stereocenters. The second-order valence-corrected chi connectivity index (χ2v) is 6.81. The first kappa shape index (κ1) is 16.2. The van der Waals surface area contributed by atoms with Crippen LogP contribution in [0, 0.1) is 0 Å². The van der Waals surface area contributed by atoms with Gasteiger partial charge in [0.25, 0.3) is 0 Å². The van der Waals surface area contributed by atoms with E-state index < -0.39 is 0 Å². The lowest BCUT2D eigenvalue weighted by Crippen LogP contribution is -2.11. The Kier molecular flexibility index (Phi) is 4.24. The molecule has 1 aliphatic rings. The molecule has 4 heteroatoms. The molecule has 0 aromatic heterocycles. The zero-order valence-electron chi connectivity index (χ0n) is 13.3. The van der Waals surface area contributed by atoms with Crippen molar-refractivity contribution < 1.29 is 9.53 Å². The Morgan fingerprint density at radius 1 is 0.880 bits per heavy atom. The fourth-order valence-corrected chi connectivity index (χ4v) is 3.38. The molecule has 0 fully saturated rings. The van der Waals surface area contributed by atoms with E-state index in [-0.39, 0.29) is 12.4 Å². The molecule has 0 amide bonds. The smallest absolute Gasteiger partial charge is 0.200 e. The first-order valence-corrected chi connectivity index (χ1v) is 8.69. The van der Waals surface area contributed by atoms with Crippen molar-refractivity contribution >= 4 is 29.0 Å². The van der Waals surface area contributed by atoms with Crippen LogP contribution >= 0.6 is 23.2 Å². The SMILES string of the molecule is O=C(COc1ccc(Cl)c(Cl)c1)c1ccc2c(c1)-c1ccccc1C2. The van der Waals surface area contributed by atoms with Gasteiger partial charge in [-0.25, -0.2) is 0 Å².